The highest BCUT2D eigenvalue weighted by Gasteiger charge is 2.32. The Hall–Kier alpha value is -2.40. The van der Waals surface area contributed by atoms with E-state index < -0.39 is 0 Å². The van der Waals surface area contributed by atoms with E-state index in [1.165, 1.54) is 24.0 Å². The summed E-state index contributed by atoms with van der Waals surface area (Å²) in [6, 6.07) is 12.7. The van der Waals surface area contributed by atoms with Gasteiger partial charge in [-0.25, -0.2) is 0 Å². The fraction of sp³-hybridized carbons (Fsp3) is 0.429. The standard InChI is InChI=1S/C21H25NO4/c1-23-17-7-3-14(11-19(17)24-2)13-22-21(15-4-5-15)16-6-8-18-20(12-16)26-10-9-25-18/h3,6-8,11-12,15,21-22H,4-5,9-10,13H2,1-2H3. The fourth-order valence-electron chi connectivity index (χ4n) is 3.46. The van der Waals surface area contributed by atoms with E-state index >= 15 is 0 Å². The molecule has 1 unspecified atom stereocenters. The van der Waals surface area contributed by atoms with Crippen LogP contribution in [0.25, 0.3) is 0 Å². The normalized spacial score (nSPS) is 16.8. The Bertz CT molecular complexity index is 773. The molecular formula is C21H25NO4. The second-order valence-corrected chi connectivity index (χ2v) is 6.79. The van der Waals surface area contributed by atoms with E-state index in [9.17, 15) is 0 Å². The highest BCUT2D eigenvalue weighted by Crippen LogP contribution is 2.43. The minimum atomic E-state index is 0.318. The summed E-state index contributed by atoms with van der Waals surface area (Å²) in [5.74, 6) is 3.88. The summed E-state index contributed by atoms with van der Waals surface area (Å²) in [6.07, 6.45) is 2.52. The summed E-state index contributed by atoms with van der Waals surface area (Å²) >= 11 is 0. The van der Waals surface area contributed by atoms with Crippen molar-refractivity contribution in [3.05, 3.63) is 47.5 Å². The van der Waals surface area contributed by atoms with Crippen molar-refractivity contribution >= 4 is 0 Å². The van der Waals surface area contributed by atoms with Gasteiger partial charge >= 0.3 is 0 Å². The van der Waals surface area contributed by atoms with Crippen molar-refractivity contribution in [2.45, 2.75) is 25.4 Å². The van der Waals surface area contributed by atoms with Gasteiger partial charge in [-0.15, -0.1) is 0 Å². The van der Waals surface area contributed by atoms with Gasteiger partial charge in [-0.3, -0.25) is 0 Å². The lowest BCUT2D eigenvalue weighted by molar-refractivity contribution is 0.171. The molecule has 1 heterocycles. The Morgan fingerprint density at radius 3 is 2.46 bits per heavy atom. The topological polar surface area (TPSA) is 49.0 Å². The third-order valence-corrected chi connectivity index (χ3v) is 4.99. The Morgan fingerprint density at radius 1 is 0.962 bits per heavy atom. The molecule has 26 heavy (non-hydrogen) atoms. The SMILES string of the molecule is COc1ccc(CNC(c2ccc3c(c2)OCCO3)C2CC2)cc1OC. The lowest BCUT2D eigenvalue weighted by Gasteiger charge is -2.23. The fourth-order valence-corrected chi connectivity index (χ4v) is 3.46. The number of nitrogens with one attached hydrogen (secondary N) is 1. The molecule has 1 atom stereocenters. The van der Waals surface area contributed by atoms with Crippen molar-refractivity contribution in [1.82, 2.24) is 5.32 Å². The van der Waals surface area contributed by atoms with Crippen LogP contribution in [0.5, 0.6) is 23.0 Å². The van der Waals surface area contributed by atoms with Gasteiger partial charge in [-0.2, -0.15) is 0 Å². The molecule has 0 amide bonds. The zero-order valence-corrected chi connectivity index (χ0v) is 15.3. The molecule has 0 radical (unpaired) electrons. The highest BCUT2D eigenvalue weighted by atomic mass is 16.6. The molecule has 138 valence electrons. The van der Waals surface area contributed by atoms with Gasteiger partial charge in [0.15, 0.2) is 23.0 Å². The molecule has 1 saturated carbocycles. The number of hydrogen-bond donors (Lipinski definition) is 1. The first-order valence-electron chi connectivity index (χ1n) is 9.12. The highest BCUT2D eigenvalue weighted by molar-refractivity contribution is 5.45. The summed E-state index contributed by atoms with van der Waals surface area (Å²) in [5.41, 5.74) is 2.43. The lowest BCUT2D eigenvalue weighted by atomic mass is 10.0. The summed E-state index contributed by atoms with van der Waals surface area (Å²) < 4.78 is 22.1. The number of methoxy groups -OCH3 is 2. The minimum Gasteiger partial charge on any atom is -0.493 e. The molecule has 4 rings (SSSR count). The van der Waals surface area contributed by atoms with Gasteiger partial charge in [0.2, 0.25) is 0 Å². The molecule has 5 heteroatoms. The van der Waals surface area contributed by atoms with E-state index in [0.29, 0.717) is 25.2 Å². The first-order chi connectivity index (χ1) is 12.8. The summed E-state index contributed by atoms with van der Waals surface area (Å²) in [6.45, 7) is 2.01. The summed E-state index contributed by atoms with van der Waals surface area (Å²) in [5, 5.41) is 3.72. The van der Waals surface area contributed by atoms with E-state index in [1.54, 1.807) is 14.2 Å². The van der Waals surface area contributed by atoms with Gasteiger partial charge in [0.1, 0.15) is 13.2 Å². The average Bonchev–Trinajstić information content (AvgIpc) is 3.53. The predicted octanol–water partition coefficient (Wildman–Crippen LogP) is 3.72. The van der Waals surface area contributed by atoms with Crippen LogP contribution in [0.2, 0.25) is 0 Å². The Morgan fingerprint density at radius 2 is 1.73 bits per heavy atom. The predicted molar refractivity (Wildman–Crippen MR) is 99.3 cm³/mol. The Kier molecular flexibility index (Phi) is 4.89. The average molecular weight is 355 g/mol. The minimum absolute atomic E-state index is 0.318. The van der Waals surface area contributed by atoms with Crippen LogP contribution in [-0.2, 0) is 6.54 Å². The third-order valence-electron chi connectivity index (χ3n) is 4.99. The second kappa shape index (κ2) is 7.46. The second-order valence-electron chi connectivity index (χ2n) is 6.79. The zero-order valence-electron chi connectivity index (χ0n) is 15.3. The summed E-state index contributed by atoms with van der Waals surface area (Å²) in [4.78, 5) is 0. The van der Waals surface area contributed by atoms with Crippen LogP contribution in [0.1, 0.15) is 30.0 Å². The first-order valence-corrected chi connectivity index (χ1v) is 9.12. The van der Waals surface area contributed by atoms with E-state index in [-0.39, 0.29) is 0 Å². The van der Waals surface area contributed by atoms with Crippen LogP contribution >= 0.6 is 0 Å². The van der Waals surface area contributed by atoms with Gasteiger partial charge in [-0.05, 0) is 54.2 Å². The third kappa shape index (κ3) is 3.58. The zero-order chi connectivity index (χ0) is 17.9. The molecule has 2 aromatic carbocycles. The molecule has 0 aromatic heterocycles. The lowest BCUT2D eigenvalue weighted by Crippen LogP contribution is -2.23. The van der Waals surface area contributed by atoms with Crippen molar-refractivity contribution < 1.29 is 18.9 Å². The molecule has 1 fully saturated rings. The number of ether oxygens (including phenoxy) is 4. The quantitative estimate of drug-likeness (QED) is 0.820. The van der Waals surface area contributed by atoms with Crippen molar-refractivity contribution in [2.75, 3.05) is 27.4 Å². The Balaban J connectivity index is 1.50. The van der Waals surface area contributed by atoms with Crippen molar-refractivity contribution in [1.29, 1.82) is 0 Å². The van der Waals surface area contributed by atoms with Crippen molar-refractivity contribution in [2.24, 2.45) is 5.92 Å². The molecule has 0 saturated heterocycles. The smallest absolute Gasteiger partial charge is 0.161 e. The molecule has 2 aliphatic rings. The van der Waals surface area contributed by atoms with Gasteiger partial charge in [0.25, 0.3) is 0 Å². The van der Waals surface area contributed by atoms with Crippen LogP contribution in [0.4, 0.5) is 0 Å². The van der Waals surface area contributed by atoms with Crippen LogP contribution in [0.15, 0.2) is 36.4 Å². The number of benzene rings is 2. The number of fused-ring (bicyclic) bond motifs is 1. The van der Waals surface area contributed by atoms with Gasteiger partial charge < -0.3 is 24.3 Å². The molecule has 0 bridgehead atoms. The van der Waals surface area contributed by atoms with E-state index in [1.807, 2.05) is 18.2 Å². The maximum absolute atomic E-state index is 5.75. The van der Waals surface area contributed by atoms with Crippen molar-refractivity contribution in [3.63, 3.8) is 0 Å². The van der Waals surface area contributed by atoms with Crippen LogP contribution < -0.4 is 24.3 Å². The van der Waals surface area contributed by atoms with Crippen LogP contribution in [0, 0.1) is 5.92 Å². The van der Waals surface area contributed by atoms with Gasteiger partial charge in [0, 0.05) is 12.6 Å². The molecule has 0 spiro atoms. The van der Waals surface area contributed by atoms with E-state index in [0.717, 1.165) is 29.5 Å². The molecule has 2 aromatic rings. The maximum atomic E-state index is 5.75. The molecule has 5 nitrogen and oxygen atoms in total. The number of rotatable bonds is 7. The van der Waals surface area contributed by atoms with E-state index in [2.05, 4.69) is 23.5 Å². The van der Waals surface area contributed by atoms with Crippen molar-refractivity contribution in [3.8, 4) is 23.0 Å². The van der Waals surface area contributed by atoms with Crippen LogP contribution in [-0.4, -0.2) is 27.4 Å². The molecule has 1 aliphatic heterocycles. The monoisotopic (exact) mass is 355 g/mol. The van der Waals surface area contributed by atoms with Gasteiger partial charge in [0.05, 0.1) is 14.2 Å². The van der Waals surface area contributed by atoms with E-state index in [4.69, 9.17) is 18.9 Å². The Labute approximate surface area is 154 Å². The first kappa shape index (κ1) is 17.0. The molecular weight excluding hydrogens is 330 g/mol. The number of hydrogen-bond acceptors (Lipinski definition) is 5. The maximum Gasteiger partial charge on any atom is 0.161 e. The molecule has 1 N–H and O–H groups in total. The van der Waals surface area contributed by atoms with Crippen LogP contribution in [0.3, 0.4) is 0 Å². The summed E-state index contributed by atoms with van der Waals surface area (Å²) in [7, 11) is 3.32. The van der Waals surface area contributed by atoms with Gasteiger partial charge in [-0.1, -0.05) is 12.1 Å². The molecule has 1 aliphatic carbocycles. The largest absolute Gasteiger partial charge is 0.493 e.